The average molecular weight is 339 g/mol. The van der Waals surface area contributed by atoms with Gasteiger partial charge in [-0.2, -0.15) is 0 Å². The highest BCUT2D eigenvalue weighted by molar-refractivity contribution is 9.10. The van der Waals surface area contributed by atoms with Crippen LogP contribution in [0.5, 0.6) is 0 Å². The van der Waals surface area contributed by atoms with Crippen LogP contribution >= 0.6 is 15.9 Å². The molecule has 0 saturated carbocycles. The second-order valence-corrected chi connectivity index (χ2v) is 7.50. The lowest BCUT2D eigenvalue weighted by Crippen LogP contribution is -2.36. The molecule has 20 heavy (non-hydrogen) atoms. The van der Waals surface area contributed by atoms with Crippen molar-refractivity contribution in [2.24, 2.45) is 5.41 Å². The molecule has 1 aliphatic rings. The standard InChI is InChI=1S/C17H27BrN2/c1-4-19-12-14-5-6-15(16(18)11-14)13-20-9-7-17(2,3)8-10-20/h5-6,11,19H,4,7-10,12-13H2,1-3H3. The SMILES string of the molecule is CCNCc1ccc(CN2CCC(C)(C)CC2)c(Br)c1. The molecule has 1 heterocycles. The quantitative estimate of drug-likeness (QED) is 0.866. The monoisotopic (exact) mass is 338 g/mol. The fraction of sp³-hybridized carbons (Fsp3) is 0.647. The summed E-state index contributed by atoms with van der Waals surface area (Å²) in [5.41, 5.74) is 3.29. The minimum atomic E-state index is 0.531. The number of nitrogens with zero attached hydrogens (tertiary/aromatic N) is 1. The molecule has 0 atom stereocenters. The highest BCUT2D eigenvalue weighted by Crippen LogP contribution is 2.31. The smallest absolute Gasteiger partial charge is 0.0244 e. The summed E-state index contributed by atoms with van der Waals surface area (Å²) >= 11 is 3.73. The zero-order valence-electron chi connectivity index (χ0n) is 13.0. The van der Waals surface area contributed by atoms with Gasteiger partial charge >= 0.3 is 0 Å². The van der Waals surface area contributed by atoms with E-state index in [0.29, 0.717) is 5.41 Å². The second-order valence-electron chi connectivity index (χ2n) is 6.65. The lowest BCUT2D eigenvalue weighted by molar-refractivity contribution is 0.127. The summed E-state index contributed by atoms with van der Waals surface area (Å²) in [5, 5.41) is 3.37. The van der Waals surface area contributed by atoms with E-state index in [-0.39, 0.29) is 0 Å². The number of piperidine rings is 1. The van der Waals surface area contributed by atoms with E-state index in [2.05, 4.69) is 65.1 Å². The maximum Gasteiger partial charge on any atom is 0.0244 e. The third kappa shape index (κ3) is 4.57. The highest BCUT2D eigenvalue weighted by Gasteiger charge is 2.25. The maximum absolute atomic E-state index is 3.73. The Kier molecular flexibility index (Phi) is 5.65. The molecule has 2 nitrogen and oxygen atoms in total. The number of nitrogens with one attached hydrogen (secondary N) is 1. The van der Waals surface area contributed by atoms with Gasteiger partial charge in [0.15, 0.2) is 0 Å². The molecule has 0 bridgehead atoms. The molecule has 1 aliphatic heterocycles. The first-order valence-corrected chi connectivity index (χ1v) is 8.50. The number of hydrogen-bond donors (Lipinski definition) is 1. The van der Waals surface area contributed by atoms with Crippen LogP contribution in [0.25, 0.3) is 0 Å². The topological polar surface area (TPSA) is 15.3 Å². The minimum absolute atomic E-state index is 0.531. The van der Waals surface area contributed by atoms with Crippen molar-refractivity contribution in [3.8, 4) is 0 Å². The average Bonchev–Trinajstić information content (AvgIpc) is 2.41. The minimum Gasteiger partial charge on any atom is -0.313 e. The van der Waals surface area contributed by atoms with Crippen LogP contribution < -0.4 is 5.32 Å². The largest absolute Gasteiger partial charge is 0.313 e. The van der Waals surface area contributed by atoms with Crippen LogP contribution in [0.4, 0.5) is 0 Å². The van der Waals surface area contributed by atoms with E-state index >= 15 is 0 Å². The first-order valence-electron chi connectivity index (χ1n) is 7.70. The fourth-order valence-electron chi connectivity index (χ4n) is 2.66. The van der Waals surface area contributed by atoms with Gasteiger partial charge in [-0.05, 0) is 55.1 Å². The summed E-state index contributed by atoms with van der Waals surface area (Å²) in [7, 11) is 0. The normalized spacial score (nSPS) is 19.2. The highest BCUT2D eigenvalue weighted by atomic mass is 79.9. The van der Waals surface area contributed by atoms with Crippen molar-refractivity contribution in [2.75, 3.05) is 19.6 Å². The predicted molar refractivity (Wildman–Crippen MR) is 89.8 cm³/mol. The van der Waals surface area contributed by atoms with Gasteiger partial charge in [0.2, 0.25) is 0 Å². The molecular formula is C17H27BrN2. The van der Waals surface area contributed by atoms with Crippen molar-refractivity contribution >= 4 is 15.9 Å². The first kappa shape index (κ1) is 16.0. The van der Waals surface area contributed by atoms with E-state index in [1.54, 1.807) is 0 Å². The molecule has 0 aliphatic carbocycles. The van der Waals surface area contributed by atoms with Gasteiger partial charge in [0.25, 0.3) is 0 Å². The third-order valence-corrected chi connectivity index (χ3v) is 5.04. The zero-order valence-corrected chi connectivity index (χ0v) is 14.6. The van der Waals surface area contributed by atoms with Crippen LogP contribution in [0.2, 0.25) is 0 Å². The molecule has 1 aromatic carbocycles. The van der Waals surface area contributed by atoms with Crippen molar-refractivity contribution in [2.45, 2.75) is 46.7 Å². The molecule has 0 amide bonds. The number of benzene rings is 1. The molecule has 0 aromatic heterocycles. The van der Waals surface area contributed by atoms with Crippen LogP contribution in [-0.2, 0) is 13.1 Å². The summed E-state index contributed by atoms with van der Waals surface area (Å²) in [6, 6.07) is 6.78. The maximum atomic E-state index is 3.73. The van der Waals surface area contributed by atoms with E-state index in [4.69, 9.17) is 0 Å². The summed E-state index contributed by atoms with van der Waals surface area (Å²) in [6.45, 7) is 12.4. The molecule has 112 valence electrons. The van der Waals surface area contributed by atoms with Crippen molar-refractivity contribution in [3.05, 3.63) is 33.8 Å². The van der Waals surface area contributed by atoms with Gasteiger partial charge in [0.05, 0.1) is 0 Å². The van der Waals surface area contributed by atoms with Crippen LogP contribution in [-0.4, -0.2) is 24.5 Å². The van der Waals surface area contributed by atoms with Crippen LogP contribution in [0, 0.1) is 5.41 Å². The molecule has 1 N–H and O–H groups in total. The van der Waals surface area contributed by atoms with Gasteiger partial charge in [-0.3, -0.25) is 4.90 Å². The van der Waals surface area contributed by atoms with Gasteiger partial charge in [-0.15, -0.1) is 0 Å². The Morgan fingerprint density at radius 2 is 1.95 bits per heavy atom. The van der Waals surface area contributed by atoms with Crippen molar-refractivity contribution in [1.29, 1.82) is 0 Å². The lowest BCUT2D eigenvalue weighted by Gasteiger charge is -2.37. The van der Waals surface area contributed by atoms with Crippen LogP contribution in [0.1, 0.15) is 44.7 Å². The molecule has 1 aromatic rings. The molecule has 1 saturated heterocycles. The molecule has 1 fully saturated rings. The summed E-state index contributed by atoms with van der Waals surface area (Å²) < 4.78 is 1.25. The Hall–Kier alpha value is -0.380. The van der Waals surface area contributed by atoms with Crippen molar-refractivity contribution < 1.29 is 0 Å². The second kappa shape index (κ2) is 7.06. The Morgan fingerprint density at radius 3 is 2.55 bits per heavy atom. The van der Waals surface area contributed by atoms with Gasteiger partial charge in [-0.25, -0.2) is 0 Å². The molecule has 3 heteroatoms. The lowest BCUT2D eigenvalue weighted by atomic mass is 9.82. The summed E-state index contributed by atoms with van der Waals surface area (Å²) in [6.07, 6.45) is 2.62. The zero-order chi connectivity index (χ0) is 14.6. The van der Waals surface area contributed by atoms with Crippen molar-refractivity contribution in [1.82, 2.24) is 10.2 Å². The van der Waals surface area contributed by atoms with Gasteiger partial charge in [0.1, 0.15) is 0 Å². The predicted octanol–water partition coefficient (Wildman–Crippen LogP) is 4.18. The fourth-order valence-corrected chi connectivity index (χ4v) is 3.21. The summed E-state index contributed by atoms with van der Waals surface area (Å²) in [5.74, 6) is 0. The van der Waals surface area contributed by atoms with Gasteiger partial charge < -0.3 is 5.32 Å². The molecule has 0 radical (unpaired) electrons. The van der Waals surface area contributed by atoms with Gasteiger partial charge in [-0.1, -0.05) is 48.8 Å². The molecule has 0 unspecified atom stereocenters. The summed E-state index contributed by atoms with van der Waals surface area (Å²) in [4.78, 5) is 2.58. The number of hydrogen-bond acceptors (Lipinski definition) is 2. The molecule has 0 spiro atoms. The number of rotatable bonds is 5. The Balaban J connectivity index is 1.93. The Labute approximate surface area is 132 Å². The van der Waals surface area contributed by atoms with E-state index in [9.17, 15) is 0 Å². The van der Waals surface area contributed by atoms with E-state index in [0.717, 1.165) is 19.6 Å². The van der Waals surface area contributed by atoms with E-state index in [1.807, 2.05) is 0 Å². The van der Waals surface area contributed by atoms with E-state index in [1.165, 1.54) is 41.5 Å². The Morgan fingerprint density at radius 1 is 1.25 bits per heavy atom. The van der Waals surface area contributed by atoms with Crippen molar-refractivity contribution in [3.63, 3.8) is 0 Å². The van der Waals surface area contributed by atoms with E-state index < -0.39 is 0 Å². The first-order chi connectivity index (χ1) is 9.50. The Bertz CT molecular complexity index is 433. The molecular weight excluding hydrogens is 312 g/mol. The van der Waals surface area contributed by atoms with Gasteiger partial charge in [0, 0.05) is 17.6 Å². The van der Waals surface area contributed by atoms with Crippen LogP contribution in [0.15, 0.2) is 22.7 Å². The molecule has 2 rings (SSSR count). The number of likely N-dealkylation sites (tertiary alicyclic amines) is 1. The third-order valence-electron chi connectivity index (χ3n) is 4.30. The number of halogens is 1. The van der Waals surface area contributed by atoms with Crippen LogP contribution in [0.3, 0.4) is 0 Å².